The lowest BCUT2D eigenvalue weighted by molar-refractivity contribution is -0.125. The molecule has 3 heterocycles. The molecule has 0 saturated heterocycles. The summed E-state index contributed by atoms with van der Waals surface area (Å²) in [4.78, 5) is 22.9. The smallest absolute Gasteiger partial charge is 0.270 e. The molecule has 3 aliphatic rings. The molecule has 2 aromatic carbocycles. The molecule has 5 nitrogen and oxygen atoms in total. The van der Waals surface area contributed by atoms with E-state index in [4.69, 9.17) is 9.60 Å². The van der Waals surface area contributed by atoms with Crippen LogP contribution in [0.3, 0.4) is 0 Å². The third-order valence-corrected chi connectivity index (χ3v) is 5.78. The van der Waals surface area contributed by atoms with Gasteiger partial charge in [-0.1, -0.05) is 54.5 Å². The minimum absolute atomic E-state index is 0.0799. The lowest BCUT2D eigenvalue weighted by Gasteiger charge is -2.42. The molecule has 0 spiro atoms. The minimum Gasteiger partial charge on any atom is -0.314 e. The normalized spacial score (nSPS) is 22.8. The first kappa shape index (κ1) is 14.2. The second-order valence-corrected chi connectivity index (χ2v) is 8.02. The molecule has 3 aliphatic heterocycles. The van der Waals surface area contributed by atoms with Gasteiger partial charge in [0.05, 0.1) is 25.5 Å². The topological polar surface area (TPSA) is 39.2 Å². The zero-order valence-corrected chi connectivity index (χ0v) is 17.5. The van der Waals surface area contributed by atoms with Gasteiger partial charge >= 0.3 is 0 Å². The van der Waals surface area contributed by atoms with E-state index in [9.17, 15) is 13.6 Å². The summed E-state index contributed by atoms with van der Waals surface area (Å²) < 4.78 is 85.1. The van der Waals surface area contributed by atoms with E-state index in [0.29, 0.717) is 36.6 Å². The maximum absolute atomic E-state index is 13.8. The number of rotatable bonds is 5. The van der Waals surface area contributed by atoms with E-state index in [1.165, 1.54) is 34.1 Å². The Morgan fingerprint density at radius 3 is 2.59 bits per heavy atom. The molecule has 0 radical (unpaired) electrons. The molecule has 166 valence electrons. The second kappa shape index (κ2) is 8.13. The molecule has 0 atom stereocenters. The largest absolute Gasteiger partial charge is 0.314 e. The van der Waals surface area contributed by atoms with Crippen LogP contribution in [0.4, 0.5) is 8.78 Å². The summed E-state index contributed by atoms with van der Waals surface area (Å²) in [6.45, 7) is -0.567. The van der Waals surface area contributed by atoms with Crippen molar-refractivity contribution in [3.63, 3.8) is 0 Å². The number of fused-ring (bicyclic) bond motifs is 2. The van der Waals surface area contributed by atoms with E-state index in [2.05, 4.69) is 4.99 Å². The monoisotopic (exact) mass is 443 g/mol. The molecule has 32 heavy (non-hydrogen) atoms. The Labute approximate surface area is 196 Å². The maximum atomic E-state index is 13.8. The Morgan fingerprint density at radius 2 is 1.88 bits per heavy atom. The summed E-state index contributed by atoms with van der Waals surface area (Å²) in [6.07, 6.45) is 0.298. The first-order chi connectivity index (χ1) is 18.2. The zero-order valence-electron chi connectivity index (χ0n) is 24.5. The van der Waals surface area contributed by atoms with E-state index in [1.54, 1.807) is 0 Å². The van der Waals surface area contributed by atoms with E-state index in [-0.39, 0.29) is 25.2 Å². The predicted octanol–water partition coefficient (Wildman–Crippen LogP) is 3.97. The molecule has 0 aliphatic carbocycles. The van der Waals surface area contributed by atoms with Crippen LogP contribution in [0.5, 0.6) is 0 Å². The molecule has 0 N–H and O–H groups in total. The molecule has 0 saturated carbocycles. The lowest BCUT2D eigenvalue weighted by atomic mass is 9.99. The average molecular weight is 444 g/mol. The number of carbonyl (C=O) groups excluding carboxylic acids is 1. The zero-order chi connectivity index (χ0) is 28.4. The number of amides is 1. The van der Waals surface area contributed by atoms with Crippen LogP contribution in [0.15, 0.2) is 70.7 Å². The van der Waals surface area contributed by atoms with E-state index in [1.807, 2.05) is 4.90 Å². The van der Waals surface area contributed by atoms with Gasteiger partial charge in [0.15, 0.2) is 0 Å². The van der Waals surface area contributed by atoms with Gasteiger partial charge in [-0.3, -0.25) is 19.6 Å². The Kier molecular flexibility index (Phi) is 3.60. The minimum atomic E-state index is -2.99. The van der Waals surface area contributed by atoms with Crippen LogP contribution < -0.4 is 0 Å². The van der Waals surface area contributed by atoms with Gasteiger partial charge in [0, 0.05) is 53.5 Å². The third-order valence-electron chi connectivity index (χ3n) is 5.78. The lowest BCUT2D eigenvalue weighted by Crippen LogP contribution is -2.53. The number of benzene rings is 2. The number of aliphatic imine (C=N–C) groups is 1. The van der Waals surface area contributed by atoms with E-state index >= 15 is 0 Å². The molecule has 1 amide bonds. The number of hydrogen-bond acceptors (Lipinski definition) is 4. The SMILES string of the molecule is [2H]c1c([2H])c([2H])c(C([2H])([2H])N2CCC3=C(C2)C(=O)N(Cc2ccc(C(C)(F)F)cc2)C2=NCCN23)c([2H])c1[2H]. The van der Waals surface area contributed by atoms with Crippen molar-refractivity contribution in [2.75, 3.05) is 26.2 Å². The van der Waals surface area contributed by atoms with Crippen LogP contribution in [0, 0.1) is 0 Å². The van der Waals surface area contributed by atoms with Crippen molar-refractivity contribution in [3.05, 3.63) is 82.4 Å². The van der Waals surface area contributed by atoms with Crippen LogP contribution in [-0.4, -0.2) is 52.7 Å². The summed E-state index contributed by atoms with van der Waals surface area (Å²) >= 11 is 0. The van der Waals surface area contributed by atoms with Gasteiger partial charge in [-0.2, -0.15) is 0 Å². The van der Waals surface area contributed by atoms with Crippen molar-refractivity contribution in [3.8, 4) is 0 Å². The van der Waals surface area contributed by atoms with Gasteiger partial charge in [-0.25, -0.2) is 8.78 Å². The summed E-state index contributed by atoms with van der Waals surface area (Å²) in [5.74, 6) is -2.92. The number of halogens is 2. The fourth-order valence-electron chi connectivity index (χ4n) is 4.21. The summed E-state index contributed by atoms with van der Waals surface area (Å²) in [7, 11) is 0. The van der Waals surface area contributed by atoms with Gasteiger partial charge in [-0.15, -0.1) is 0 Å². The van der Waals surface area contributed by atoms with Crippen LogP contribution in [0.1, 0.15) is 39.6 Å². The number of alkyl halides is 2. The quantitative estimate of drug-likeness (QED) is 0.702. The van der Waals surface area contributed by atoms with Crippen molar-refractivity contribution < 1.29 is 23.2 Å². The molecule has 0 aromatic heterocycles. The molecule has 0 unspecified atom stereocenters. The van der Waals surface area contributed by atoms with Crippen LogP contribution >= 0.6 is 0 Å². The molecule has 2 aromatic rings. The number of hydrogen-bond donors (Lipinski definition) is 0. The maximum Gasteiger partial charge on any atom is 0.270 e. The van der Waals surface area contributed by atoms with Gasteiger partial charge in [0.1, 0.15) is 0 Å². The predicted molar refractivity (Wildman–Crippen MR) is 119 cm³/mol. The van der Waals surface area contributed by atoms with Crippen LogP contribution in [0.2, 0.25) is 0 Å². The molecular formula is C25H26F2N4O. The molecule has 0 bridgehead atoms. The highest BCUT2D eigenvalue weighted by molar-refractivity contribution is 6.09. The Balaban J connectivity index is 1.47. The molecular weight excluding hydrogens is 410 g/mol. The highest BCUT2D eigenvalue weighted by Gasteiger charge is 2.41. The number of nitrogens with zero attached hydrogens (tertiary/aromatic N) is 4. The second-order valence-electron chi connectivity index (χ2n) is 8.02. The van der Waals surface area contributed by atoms with E-state index in [0.717, 1.165) is 12.6 Å². The standard InChI is InChI=1S/C25H26F2N4O/c1-25(26,27)20-9-7-19(8-10-20)16-31-23(32)21-17-29(15-18-5-3-2-4-6-18)13-11-22(21)30-14-12-28-24(30)31/h2-10H,11-17H2,1H3/i2D,3D,4D,5D,6D,15D2. The van der Waals surface area contributed by atoms with Gasteiger partial charge in [0.25, 0.3) is 11.8 Å². The van der Waals surface area contributed by atoms with Crippen LogP contribution in [-0.2, 0) is 23.8 Å². The van der Waals surface area contributed by atoms with Gasteiger partial charge < -0.3 is 4.90 Å². The van der Waals surface area contributed by atoms with Crippen molar-refractivity contribution >= 4 is 11.9 Å². The Bertz CT molecular complexity index is 1390. The Morgan fingerprint density at radius 1 is 1.12 bits per heavy atom. The Hall–Kier alpha value is -3.06. The van der Waals surface area contributed by atoms with Crippen LogP contribution in [0.25, 0.3) is 0 Å². The van der Waals surface area contributed by atoms with Gasteiger partial charge in [0.2, 0.25) is 5.96 Å². The number of carbonyl (C=O) groups is 1. The summed E-state index contributed by atoms with van der Waals surface area (Å²) in [5.41, 5.74) is 1.06. The highest BCUT2D eigenvalue weighted by Crippen LogP contribution is 2.33. The van der Waals surface area contributed by atoms with E-state index < -0.39 is 54.1 Å². The van der Waals surface area contributed by atoms with Crippen molar-refractivity contribution in [2.45, 2.75) is 32.3 Å². The first-order valence-electron chi connectivity index (χ1n) is 13.9. The fourth-order valence-corrected chi connectivity index (χ4v) is 4.21. The summed E-state index contributed by atoms with van der Waals surface area (Å²) in [6, 6.07) is 2.59. The average Bonchev–Trinajstić information content (AvgIpc) is 3.38. The molecule has 7 heteroatoms. The number of guanidine groups is 1. The van der Waals surface area contributed by atoms with Gasteiger partial charge in [-0.05, 0) is 11.1 Å². The third kappa shape index (κ3) is 3.93. The molecule has 0 fully saturated rings. The van der Waals surface area contributed by atoms with Crippen molar-refractivity contribution in [1.29, 1.82) is 0 Å². The first-order valence-corrected chi connectivity index (χ1v) is 10.4. The molecule has 5 rings (SSSR count). The highest BCUT2D eigenvalue weighted by atomic mass is 19.3. The summed E-state index contributed by atoms with van der Waals surface area (Å²) in [5, 5.41) is 0. The van der Waals surface area contributed by atoms with Crippen molar-refractivity contribution in [1.82, 2.24) is 14.7 Å². The fraction of sp³-hybridized carbons (Fsp3) is 0.360. The van der Waals surface area contributed by atoms with Crippen molar-refractivity contribution in [2.24, 2.45) is 4.99 Å².